The molecule has 47 valence electrons. The molecule has 0 unspecified atom stereocenters. The molecule has 0 aromatic heterocycles. The molecular weight excluding hydrogens is 128 g/mol. The van der Waals surface area contributed by atoms with Crippen LogP contribution in [-0.2, 0) is 4.43 Å². The Labute approximate surface area is 57.6 Å². The summed E-state index contributed by atoms with van der Waals surface area (Å²) in [5.74, 6) is 0. The van der Waals surface area contributed by atoms with Crippen molar-refractivity contribution >= 4 is 14.9 Å². The number of benzene rings is 1. The van der Waals surface area contributed by atoms with Crippen LogP contribution in [0.2, 0.25) is 0 Å². The fourth-order valence-corrected chi connectivity index (χ4v) is 1.32. The zero-order valence-electron chi connectivity index (χ0n) is 5.37. The van der Waals surface area contributed by atoms with Crippen molar-refractivity contribution in [3.63, 3.8) is 0 Å². The van der Waals surface area contributed by atoms with Crippen LogP contribution >= 0.6 is 0 Å². The molecule has 0 aliphatic heterocycles. The highest BCUT2D eigenvalue weighted by molar-refractivity contribution is 6.46. The van der Waals surface area contributed by atoms with Gasteiger partial charge in [0, 0.05) is 7.11 Å². The van der Waals surface area contributed by atoms with Gasteiger partial charge >= 0.3 is 0 Å². The maximum atomic E-state index is 5.01. The summed E-state index contributed by atoms with van der Waals surface area (Å²) < 4.78 is 5.01. The molecule has 0 saturated heterocycles. The van der Waals surface area contributed by atoms with Crippen molar-refractivity contribution in [3.05, 3.63) is 30.3 Å². The first kappa shape index (κ1) is 6.52. The summed E-state index contributed by atoms with van der Waals surface area (Å²) in [5, 5.41) is 1.31. The second-order valence-electron chi connectivity index (χ2n) is 1.76. The monoisotopic (exact) mass is 137 g/mol. The Kier molecular flexibility index (Phi) is 2.48. The topological polar surface area (TPSA) is 9.23 Å². The molecular formula is C7H9OSi. The fraction of sp³-hybridized carbons (Fsp3) is 0.143. The van der Waals surface area contributed by atoms with Crippen LogP contribution in [0, 0.1) is 0 Å². The van der Waals surface area contributed by atoms with Gasteiger partial charge < -0.3 is 4.43 Å². The van der Waals surface area contributed by atoms with E-state index in [9.17, 15) is 0 Å². The highest BCUT2D eigenvalue weighted by Crippen LogP contribution is 1.80. The molecule has 0 aliphatic rings. The van der Waals surface area contributed by atoms with E-state index >= 15 is 0 Å². The third-order valence-corrected chi connectivity index (χ3v) is 1.95. The summed E-state index contributed by atoms with van der Waals surface area (Å²) in [4.78, 5) is 0. The Bertz CT molecular complexity index is 162. The quantitative estimate of drug-likeness (QED) is 0.533. The summed E-state index contributed by atoms with van der Waals surface area (Å²) in [7, 11) is 1.78. The third kappa shape index (κ3) is 1.99. The summed E-state index contributed by atoms with van der Waals surface area (Å²) in [5.41, 5.74) is 0. The van der Waals surface area contributed by atoms with Gasteiger partial charge in [-0.25, -0.2) is 0 Å². The Morgan fingerprint density at radius 2 is 1.89 bits per heavy atom. The minimum absolute atomic E-state index is 0.0431. The lowest BCUT2D eigenvalue weighted by Crippen LogP contribution is -2.14. The van der Waals surface area contributed by atoms with Crippen LogP contribution in [0.5, 0.6) is 0 Å². The highest BCUT2D eigenvalue weighted by Gasteiger charge is 1.87. The first-order chi connectivity index (χ1) is 4.43. The normalized spacial score (nSPS) is 9.44. The van der Waals surface area contributed by atoms with E-state index in [1.165, 1.54) is 5.19 Å². The molecule has 0 atom stereocenters. The van der Waals surface area contributed by atoms with Gasteiger partial charge in [0.15, 0.2) is 0 Å². The maximum Gasteiger partial charge on any atom is 0.227 e. The smallest absolute Gasteiger partial charge is 0.227 e. The van der Waals surface area contributed by atoms with Crippen LogP contribution < -0.4 is 5.19 Å². The SMILES string of the molecule is CO[SiH]c1ccccc1. The van der Waals surface area contributed by atoms with Gasteiger partial charge in [-0.1, -0.05) is 30.3 Å². The predicted molar refractivity (Wildman–Crippen MR) is 40.2 cm³/mol. The van der Waals surface area contributed by atoms with Crippen LogP contribution in [0.3, 0.4) is 0 Å². The zero-order chi connectivity index (χ0) is 6.53. The van der Waals surface area contributed by atoms with Crippen molar-refractivity contribution in [3.8, 4) is 0 Å². The molecule has 1 aromatic carbocycles. The number of hydrogen-bond donors (Lipinski definition) is 0. The summed E-state index contributed by atoms with van der Waals surface area (Å²) >= 11 is 0. The molecule has 2 heteroatoms. The lowest BCUT2D eigenvalue weighted by atomic mass is 10.4. The molecule has 1 aromatic rings. The summed E-state index contributed by atoms with van der Waals surface area (Å²) in [6, 6.07) is 10.2. The predicted octanol–water partition coefficient (Wildman–Crippen LogP) is 0.310. The van der Waals surface area contributed by atoms with E-state index in [2.05, 4.69) is 12.1 Å². The summed E-state index contributed by atoms with van der Waals surface area (Å²) in [6.07, 6.45) is 0. The van der Waals surface area contributed by atoms with Crippen LogP contribution in [0.25, 0.3) is 0 Å². The average Bonchev–Trinajstić information content (AvgIpc) is 1.91. The van der Waals surface area contributed by atoms with E-state index in [0.717, 1.165) is 0 Å². The molecule has 9 heavy (non-hydrogen) atoms. The lowest BCUT2D eigenvalue weighted by molar-refractivity contribution is 0.450. The first-order valence-corrected chi connectivity index (χ1v) is 3.89. The second-order valence-corrected chi connectivity index (χ2v) is 3.14. The standard InChI is InChI=1S/C7H9OSi/c1-8-9-7-5-3-2-4-6-7/h2-6,9H,1H3. The van der Waals surface area contributed by atoms with E-state index < -0.39 is 0 Å². The molecule has 0 fully saturated rings. The van der Waals surface area contributed by atoms with E-state index in [1.54, 1.807) is 7.11 Å². The minimum Gasteiger partial charge on any atom is -0.418 e. The van der Waals surface area contributed by atoms with Gasteiger partial charge in [-0.2, -0.15) is 0 Å². The van der Waals surface area contributed by atoms with Crippen molar-refractivity contribution in [1.29, 1.82) is 0 Å². The van der Waals surface area contributed by atoms with E-state index in [0.29, 0.717) is 0 Å². The molecule has 1 nitrogen and oxygen atoms in total. The Hall–Kier alpha value is -0.603. The lowest BCUT2D eigenvalue weighted by Gasteiger charge is -1.93. The van der Waals surface area contributed by atoms with E-state index in [4.69, 9.17) is 4.43 Å². The maximum absolute atomic E-state index is 5.01. The van der Waals surface area contributed by atoms with Crippen LogP contribution in [0.4, 0.5) is 0 Å². The van der Waals surface area contributed by atoms with E-state index in [-0.39, 0.29) is 9.76 Å². The molecule has 1 rings (SSSR count). The number of rotatable bonds is 2. The average molecular weight is 137 g/mol. The summed E-state index contributed by atoms with van der Waals surface area (Å²) in [6.45, 7) is 0. The van der Waals surface area contributed by atoms with Crippen LogP contribution in [0.1, 0.15) is 0 Å². The Balaban J connectivity index is 2.61. The molecule has 1 radical (unpaired) electrons. The van der Waals surface area contributed by atoms with Gasteiger partial charge in [-0.3, -0.25) is 0 Å². The molecule has 0 N–H and O–H groups in total. The molecule has 0 heterocycles. The van der Waals surface area contributed by atoms with Crippen molar-refractivity contribution < 1.29 is 4.43 Å². The van der Waals surface area contributed by atoms with Crippen molar-refractivity contribution in [1.82, 2.24) is 0 Å². The third-order valence-electron chi connectivity index (χ3n) is 1.05. The van der Waals surface area contributed by atoms with Gasteiger partial charge in [0.25, 0.3) is 0 Å². The Morgan fingerprint density at radius 1 is 1.22 bits per heavy atom. The minimum atomic E-state index is 0.0431. The highest BCUT2D eigenvalue weighted by atomic mass is 28.2. The van der Waals surface area contributed by atoms with Gasteiger partial charge in [0.05, 0.1) is 0 Å². The van der Waals surface area contributed by atoms with Gasteiger partial charge in [0.1, 0.15) is 0 Å². The molecule has 0 spiro atoms. The second kappa shape index (κ2) is 3.43. The molecule has 0 saturated carbocycles. The van der Waals surface area contributed by atoms with E-state index in [1.807, 2.05) is 18.2 Å². The van der Waals surface area contributed by atoms with Crippen molar-refractivity contribution in [2.24, 2.45) is 0 Å². The molecule has 0 amide bonds. The van der Waals surface area contributed by atoms with Gasteiger partial charge in [-0.05, 0) is 5.19 Å². The van der Waals surface area contributed by atoms with Crippen molar-refractivity contribution in [2.75, 3.05) is 7.11 Å². The zero-order valence-corrected chi connectivity index (χ0v) is 6.53. The largest absolute Gasteiger partial charge is 0.418 e. The van der Waals surface area contributed by atoms with Crippen LogP contribution in [-0.4, -0.2) is 16.9 Å². The Morgan fingerprint density at radius 3 is 2.44 bits per heavy atom. The molecule has 0 bridgehead atoms. The van der Waals surface area contributed by atoms with Crippen molar-refractivity contribution in [2.45, 2.75) is 0 Å². The fourth-order valence-electron chi connectivity index (χ4n) is 0.668. The first-order valence-electron chi connectivity index (χ1n) is 2.84. The van der Waals surface area contributed by atoms with Gasteiger partial charge in [-0.15, -0.1) is 0 Å². The van der Waals surface area contributed by atoms with Gasteiger partial charge in [0.2, 0.25) is 9.76 Å². The molecule has 0 aliphatic carbocycles. The van der Waals surface area contributed by atoms with Crippen LogP contribution in [0.15, 0.2) is 30.3 Å². The number of hydrogen-bond acceptors (Lipinski definition) is 1.